The number of halogens is 1. The van der Waals surface area contributed by atoms with Crippen LogP contribution in [0.1, 0.15) is 96.8 Å². The molecule has 3 heteroatoms. The average Bonchev–Trinajstić information content (AvgIpc) is 2.62. The van der Waals surface area contributed by atoms with Gasteiger partial charge in [0.05, 0.1) is 6.61 Å². The molecule has 0 rings (SSSR count). The van der Waals surface area contributed by atoms with Crippen molar-refractivity contribution in [1.82, 2.24) is 0 Å². The summed E-state index contributed by atoms with van der Waals surface area (Å²) < 4.78 is 5.19. The van der Waals surface area contributed by atoms with Crippen LogP contribution in [-0.4, -0.2) is 17.9 Å². The maximum Gasteiger partial charge on any atom is 0.305 e. The average molecular weight is 415 g/mol. The number of esters is 1. The summed E-state index contributed by atoms with van der Waals surface area (Å²) in [6, 6.07) is 0. The first-order valence-corrected chi connectivity index (χ1v) is 11.4. The Labute approximate surface area is 164 Å². The third-order valence-corrected chi connectivity index (χ3v) is 4.68. The molecule has 0 aromatic heterocycles. The van der Waals surface area contributed by atoms with Gasteiger partial charge in [-0.3, -0.25) is 4.79 Å². The molecule has 0 saturated heterocycles. The van der Waals surface area contributed by atoms with Gasteiger partial charge < -0.3 is 4.74 Å². The zero-order valence-electron chi connectivity index (χ0n) is 16.3. The highest BCUT2D eigenvalue weighted by atomic mass is 79.9. The molecule has 25 heavy (non-hydrogen) atoms. The van der Waals surface area contributed by atoms with Crippen molar-refractivity contribution >= 4 is 21.9 Å². The molecule has 0 aliphatic carbocycles. The Hall–Kier alpha value is -0.570. The Morgan fingerprint density at radius 3 is 2.04 bits per heavy atom. The van der Waals surface area contributed by atoms with E-state index in [-0.39, 0.29) is 5.97 Å². The van der Waals surface area contributed by atoms with Gasteiger partial charge in [-0.1, -0.05) is 92.1 Å². The van der Waals surface area contributed by atoms with Gasteiger partial charge in [0.1, 0.15) is 0 Å². The zero-order chi connectivity index (χ0) is 18.4. The minimum absolute atomic E-state index is 0.0519. The van der Waals surface area contributed by atoms with Gasteiger partial charge in [0.2, 0.25) is 0 Å². The lowest BCUT2D eigenvalue weighted by Crippen LogP contribution is -2.05. The van der Waals surface area contributed by atoms with Crippen LogP contribution in [-0.2, 0) is 9.53 Å². The molecule has 0 saturated carbocycles. The third-order valence-electron chi connectivity index (χ3n) is 4.12. The summed E-state index contributed by atoms with van der Waals surface area (Å²) in [4.78, 5) is 11.3. The van der Waals surface area contributed by atoms with Gasteiger partial charge in [0.15, 0.2) is 0 Å². The highest BCUT2D eigenvalue weighted by molar-refractivity contribution is 9.09. The van der Waals surface area contributed by atoms with Crippen molar-refractivity contribution in [2.75, 3.05) is 11.9 Å². The molecule has 0 amide bonds. The van der Waals surface area contributed by atoms with Crippen LogP contribution in [0.2, 0.25) is 0 Å². The minimum atomic E-state index is -0.0519. The maximum absolute atomic E-state index is 11.3. The van der Waals surface area contributed by atoms with Crippen LogP contribution in [0.3, 0.4) is 0 Å². The molecule has 146 valence electrons. The first-order valence-electron chi connectivity index (χ1n) is 10.3. The van der Waals surface area contributed by atoms with Crippen LogP contribution in [0.25, 0.3) is 0 Å². The number of carbonyl (C=O) groups is 1. The van der Waals surface area contributed by atoms with Crippen LogP contribution in [0.4, 0.5) is 0 Å². The Bertz CT molecular complexity index is 337. The third kappa shape index (κ3) is 21.4. The van der Waals surface area contributed by atoms with Crippen molar-refractivity contribution in [2.45, 2.75) is 96.8 Å². The van der Waals surface area contributed by atoms with E-state index < -0.39 is 0 Å². The van der Waals surface area contributed by atoms with Gasteiger partial charge >= 0.3 is 5.97 Å². The summed E-state index contributed by atoms with van der Waals surface area (Å²) in [5.74, 6) is -0.0519. The summed E-state index contributed by atoms with van der Waals surface area (Å²) >= 11 is 3.32. The Morgan fingerprint density at radius 2 is 1.40 bits per heavy atom. The lowest BCUT2D eigenvalue weighted by atomic mass is 10.1. The van der Waals surface area contributed by atoms with Crippen LogP contribution in [0.5, 0.6) is 0 Å². The smallest absolute Gasteiger partial charge is 0.305 e. The predicted molar refractivity (Wildman–Crippen MR) is 113 cm³/mol. The van der Waals surface area contributed by atoms with Crippen LogP contribution < -0.4 is 0 Å². The fourth-order valence-corrected chi connectivity index (χ4v) is 2.83. The fourth-order valence-electron chi connectivity index (χ4n) is 2.55. The number of hydrogen-bond donors (Lipinski definition) is 0. The molecule has 0 spiro atoms. The first-order chi connectivity index (χ1) is 12.3. The van der Waals surface area contributed by atoms with Crippen molar-refractivity contribution in [2.24, 2.45) is 0 Å². The molecule has 0 aliphatic rings. The van der Waals surface area contributed by atoms with E-state index in [0.29, 0.717) is 13.0 Å². The molecule has 0 aromatic carbocycles. The topological polar surface area (TPSA) is 26.3 Å². The van der Waals surface area contributed by atoms with Crippen LogP contribution in [0, 0.1) is 0 Å². The van der Waals surface area contributed by atoms with E-state index in [1.807, 2.05) is 0 Å². The van der Waals surface area contributed by atoms with E-state index in [1.165, 1.54) is 64.2 Å². The molecule has 0 aliphatic heterocycles. The molecule has 0 heterocycles. The molecule has 0 atom stereocenters. The second kappa shape index (κ2) is 21.5. The summed E-state index contributed by atoms with van der Waals surface area (Å²) in [5.41, 5.74) is 0. The van der Waals surface area contributed by atoms with E-state index >= 15 is 0 Å². The van der Waals surface area contributed by atoms with Gasteiger partial charge in [-0.05, 0) is 38.5 Å². The molecule has 0 bridgehead atoms. The van der Waals surface area contributed by atoms with Gasteiger partial charge in [-0.25, -0.2) is 0 Å². The standard InChI is InChI=1S/C22H39BrO2/c1-2-3-4-5-6-7-8-9-10-11-12-13-14-15-16-17-21-25-22(24)19-18-20-23/h5-6,8-9H,2-4,7,10-21H2,1H3/b6-5-,9-8?. The summed E-state index contributed by atoms with van der Waals surface area (Å²) in [5, 5.41) is 0.869. The van der Waals surface area contributed by atoms with Crippen molar-refractivity contribution in [3.63, 3.8) is 0 Å². The van der Waals surface area contributed by atoms with Gasteiger partial charge in [-0.2, -0.15) is 0 Å². The second-order valence-corrected chi connectivity index (χ2v) is 7.39. The largest absolute Gasteiger partial charge is 0.466 e. The highest BCUT2D eigenvalue weighted by Crippen LogP contribution is 2.09. The summed E-state index contributed by atoms with van der Waals surface area (Å²) in [6.45, 7) is 2.83. The monoisotopic (exact) mass is 414 g/mol. The normalized spacial score (nSPS) is 11.6. The van der Waals surface area contributed by atoms with E-state index in [0.717, 1.165) is 24.6 Å². The Kier molecular flexibility index (Phi) is 21.0. The van der Waals surface area contributed by atoms with Gasteiger partial charge in [0.25, 0.3) is 0 Å². The number of alkyl halides is 1. The number of hydrogen-bond acceptors (Lipinski definition) is 2. The zero-order valence-corrected chi connectivity index (χ0v) is 17.9. The Morgan fingerprint density at radius 1 is 0.800 bits per heavy atom. The van der Waals surface area contributed by atoms with Crippen molar-refractivity contribution < 1.29 is 9.53 Å². The molecule has 2 nitrogen and oxygen atoms in total. The molecular weight excluding hydrogens is 376 g/mol. The van der Waals surface area contributed by atoms with E-state index in [4.69, 9.17) is 4.74 Å². The molecule has 0 N–H and O–H groups in total. The lowest BCUT2D eigenvalue weighted by Gasteiger charge is -2.04. The molecular formula is C22H39BrO2. The highest BCUT2D eigenvalue weighted by Gasteiger charge is 2.01. The maximum atomic E-state index is 11.3. The van der Waals surface area contributed by atoms with Crippen molar-refractivity contribution in [1.29, 1.82) is 0 Å². The minimum Gasteiger partial charge on any atom is -0.466 e. The Balaban J connectivity index is 3.18. The number of allylic oxidation sites excluding steroid dienone is 4. The van der Waals surface area contributed by atoms with Crippen LogP contribution in [0.15, 0.2) is 24.3 Å². The molecule has 0 aromatic rings. The quantitative estimate of drug-likeness (QED) is 0.100. The number of carbonyl (C=O) groups excluding carboxylic acids is 1. The summed E-state index contributed by atoms with van der Waals surface area (Å²) in [7, 11) is 0. The fraction of sp³-hybridized carbons (Fsp3) is 0.773. The predicted octanol–water partition coefficient (Wildman–Crippen LogP) is 7.52. The summed E-state index contributed by atoms with van der Waals surface area (Å²) in [6.07, 6.45) is 25.4. The SMILES string of the molecule is CCCC/C=C\CC=CCCCCCCCCCOC(=O)CCCBr. The number of unbranched alkanes of at least 4 members (excludes halogenated alkanes) is 9. The number of ether oxygens (including phenoxy) is 1. The van der Waals surface area contributed by atoms with Crippen molar-refractivity contribution in [3.05, 3.63) is 24.3 Å². The van der Waals surface area contributed by atoms with Gasteiger partial charge in [0, 0.05) is 11.8 Å². The van der Waals surface area contributed by atoms with E-state index in [9.17, 15) is 4.79 Å². The lowest BCUT2D eigenvalue weighted by molar-refractivity contribution is -0.143. The van der Waals surface area contributed by atoms with Gasteiger partial charge in [-0.15, -0.1) is 0 Å². The number of rotatable bonds is 18. The molecule has 0 fully saturated rings. The second-order valence-electron chi connectivity index (χ2n) is 6.60. The van der Waals surface area contributed by atoms with Crippen molar-refractivity contribution in [3.8, 4) is 0 Å². The first kappa shape index (κ1) is 24.4. The van der Waals surface area contributed by atoms with Crippen LogP contribution >= 0.6 is 15.9 Å². The van der Waals surface area contributed by atoms with E-state index in [2.05, 4.69) is 47.2 Å². The van der Waals surface area contributed by atoms with E-state index in [1.54, 1.807) is 0 Å². The molecule has 0 unspecified atom stereocenters. The molecule has 0 radical (unpaired) electrons.